The van der Waals surface area contributed by atoms with Gasteiger partial charge in [0.25, 0.3) is 5.91 Å². The molecular weight excluding hydrogens is 506 g/mol. The summed E-state index contributed by atoms with van der Waals surface area (Å²) in [7, 11) is -3.60. The van der Waals surface area contributed by atoms with E-state index in [2.05, 4.69) is 41.1 Å². The third-order valence-electron chi connectivity index (χ3n) is 7.40. The Morgan fingerprint density at radius 3 is 2.21 bits per heavy atom. The molecule has 0 spiro atoms. The van der Waals surface area contributed by atoms with Gasteiger partial charge in [0.2, 0.25) is 0 Å². The molecule has 0 aliphatic carbocycles. The number of sulfone groups is 1. The van der Waals surface area contributed by atoms with Crippen molar-refractivity contribution in [1.82, 2.24) is 14.8 Å². The number of piperazine rings is 1. The molecule has 1 saturated heterocycles. The van der Waals surface area contributed by atoms with E-state index in [0.29, 0.717) is 29.7 Å². The summed E-state index contributed by atoms with van der Waals surface area (Å²) in [6.45, 7) is 6.13. The van der Waals surface area contributed by atoms with Gasteiger partial charge in [0, 0.05) is 49.9 Å². The summed E-state index contributed by atoms with van der Waals surface area (Å²) in [6.07, 6.45) is 5.17. The summed E-state index contributed by atoms with van der Waals surface area (Å²) in [6, 6.07) is 24.7. The molecule has 7 heteroatoms. The predicted molar refractivity (Wildman–Crippen MR) is 155 cm³/mol. The number of fused-ring (bicyclic) bond motifs is 1. The van der Waals surface area contributed by atoms with Gasteiger partial charge in [-0.05, 0) is 53.8 Å². The van der Waals surface area contributed by atoms with Gasteiger partial charge in [0.15, 0.2) is 9.84 Å². The van der Waals surface area contributed by atoms with Crippen LogP contribution in [0.4, 0.5) is 0 Å². The minimum atomic E-state index is -3.60. The van der Waals surface area contributed by atoms with Crippen LogP contribution in [0.15, 0.2) is 90.0 Å². The maximum absolute atomic E-state index is 13.2. The van der Waals surface area contributed by atoms with E-state index in [1.165, 1.54) is 24.0 Å². The molecule has 0 saturated carbocycles. The maximum atomic E-state index is 13.2. The molecule has 5 rings (SSSR count). The summed E-state index contributed by atoms with van der Waals surface area (Å²) in [4.78, 5) is 21.9. The van der Waals surface area contributed by atoms with Crippen molar-refractivity contribution in [2.24, 2.45) is 0 Å². The van der Waals surface area contributed by atoms with E-state index < -0.39 is 9.84 Å². The van der Waals surface area contributed by atoms with Crippen molar-refractivity contribution in [1.29, 1.82) is 0 Å². The van der Waals surface area contributed by atoms with Crippen molar-refractivity contribution >= 4 is 26.6 Å². The topological polar surface area (TPSA) is 70.6 Å². The summed E-state index contributed by atoms with van der Waals surface area (Å²) in [5, 5.41) is 0.792. The average Bonchev–Trinajstić information content (AvgIpc) is 2.97. The zero-order valence-corrected chi connectivity index (χ0v) is 23.2. The molecule has 202 valence electrons. The highest BCUT2D eigenvalue weighted by atomic mass is 32.2. The highest BCUT2D eigenvalue weighted by molar-refractivity contribution is 7.90. The van der Waals surface area contributed by atoms with Crippen LogP contribution < -0.4 is 0 Å². The molecule has 3 aromatic carbocycles. The largest absolute Gasteiger partial charge is 0.336 e. The number of benzene rings is 3. The third-order valence-corrected chi connectivity index (χ3v) is 9.11. The summed E-state index contributed by atoms with van der Waals surface area (Å²) >= 11 is 0. The molecule has 1 aliphatic rings. The second-order valence-electron chi connectivity index (χ2n) is 10.3. The molecule has 1 aromatic heterocycles. The fourth-order valence-electron chi connectivity index (χ4n) is 5.11. The summed E-state index contributed by atoms with van der Waals surface area (Å²) in [5.41, 5.74) is 4.41. The van der Waals surface area contributed by atoms with Gasteiger partial charge in [-0.2, -0.15) is 0 Å². The van der Waals surface area contributed by atoms with Gasteiger partial charge in [-0.3, -0.25) is 14.7 Å². The van der Waals surface area contributed by atoms with Crippen LogP contribution in [0, 0.1) is 0 Å². The van der Waals surface area contributed by atoms with Crippen LogP contribution in [0.2, 0.25) is 0 Å². The Kier molecular flexibility index (Phi) is 8.38. The Morgan fingerprint density at radius 2 is 1.49 bits per heavy atom. The number of hydrogen-bond acceptors (Lipinski definition) is 5. The highest BCUT2D eigenvalue weighted by Gasteiger charge is 2.23. The monoisotopic (exact) mass is 541 g/mol. The standard InChI is InChI=1S/C32H35N3O3S/c1-2-3-6-25-10-12-26(13-11-25)23-34-19-21-35(22-20-34)32(36)29-16-14-27(15-17-29)24-39(37,38)30-9-4-7-28-8-5-18-33-31(28)30/h4-5,7-18H,2-3,6,19-24H2,1H3. The van der Waals surface area contributed by atoms with E-state index in [4.69, 9.17) is 0 Å². The third kappa shape index (κ3) is 6.54. The molecule has 1 aliphatic heterocycles. The van der Waals surface area contributed by atoms with Gasteiger partial charge in [0.05, 0.1) is 16.2 Å². The Balaban J connectivity index is 1.16. The van der Waals surface area contributed by atoms with Crippen molar-refractivity contribution in [3.8, 4) is 0 Å². The first-order valence-electron chi connectivity index (χ1n) is 13.7. The first kappa shape index (κ1) is 27.0. The van der Waals surface area contributed by atoms with E-state index >= 15 is 0 Å². The molecule has 6 nitrogen and oxygen atoms in total. The van der Waals surface area contributed by atoms with E-state index in [1.807, 2.05) is 17.0 Å². The van der Waals surface area contributed by atoms with Gasteiger partial charge < -0.3 is 4.90 Å². The molecule has 0 atom stereocenters. The summed E-state index contributed by atoms with van der Waals surface area (Å²) < 4.78 is 26.4. The number of aromatic nitrogens is 1. The van der Waals surface area contributed by atoms with Gasteiger partial charge in [-0.25, -0.2) is 8.42 Å². The zero-order valence-electron chi connectivity index (χ0n) is 22.4. The Labute approximate surface area is 231 Å². The first-order chi connectivity index (χ1) is 18.9. The predicted octanol–water partition coefficient (Wildman–Crippen LogP) is 5.51. The van der Waals surface area contributed by atoms with E-state index in [-0.39, 0.29) is 16.6 Å². The quantitative estimate of drug-likeness (QED) is 0.280. The smallest absolute Gasteiger partial charge is 0.253 e. The van der Waals surface area contributed by atoms with Crippen molar-refractivity contribution in [3.05, 3.63) is 107 Å². The van der Waals surface area contributed by atoms with Gasteiger partial charge >= 0.3 is 0 Å². The fraction of sp³-hybridized carbons (Fsp3) is 0.312. The van der Waals surface area contributed by atoms with Crippen molar-refractivity contribution in [3.63, 3.8) is 0 Å². The van der Waals surface area contributed by atoms with E-state index in [1.54, 1.807) is 48.7 Å². The van der Waals surface area contributed by atoms with Gasteiger partial charge in [0.1, 0.15) is 0 Å². The van der Waals surface area contributed by atoms with Crippen LogP contribution in [0.5, 0.6) is 0 Å². The molecule has 0 N–H and O–H groups in total. The molecule has 0 bridgehead atoms. The number of carbonyl (C=O) groups is 1. The molecule has 2 heterocycles. The number of para-hydroxylation sites is 1. The lowest BCUT2D eigenvalue weighted by Gasteiger charge is -2.34. The van der Waals surface area contributed by atoms with Crippen LogP contribution in [-0.2, 0) is 28.6 Å². The first-order valence-corrected chi connectivity index (χ1v) is 15.3. The number of unbranched alkanes of at least 4 members (excludes halogenated alkanes) is 1. The van der Waals surface area contributed by atoms with Crippen LogP contribution in [0.3, 0.4) is 0 Å². The number of amides is 1. The Morgan fingerprint density at radius 1 is 0.821 bits per heavy atom. The zero-order chi connectivity index (χ0) is 27.2. The van der Waals surface area contributed by atoms with Crippen LogP contribution in [0.25, 0.3) is 10.9 Å². The lowest BCUT2D eigenvalue weighted by molar-refractivity contribution is 0.0628. The lowest BCUT2D eigenvalue weighted by Crippen LogP contribution is -2.48. The molecule has 0 radical (unpaired) electrons. The lowest BCUT2D eigenvalue weighted by atomic mass is 10.1. The summed E-state index contributed by atoms with van der Waals surface area (Å²) in [5.74, 6) is -0.155. The number of aryl methyl sites for hydroxylation is 1. The number of hydrogen-bond donors (Lipinski definition) is 0. The minimum Gasteiger partial charge on any atom is -0.336 e. The number of pyridine rings is 1. The van der Waals surface area contributed by atoms with E-state index in [0.717, 1.165) is 31.4 Å². The molecule has 39 heavy (non-hydrogen) atoms. The Bertz CT molecular complexity index is 1520. The molecule has 0 unspecified atom stereocenters. The highest BCUT2D eigenvalue weighted by Crippen LogP contribution is 2.24. The van der Waals surface area contributed by atoms with Crippen LogP contribution >= 0.6 is 0 Å². The van der Waals surface area contributed by atoms with Crippen LogP contribution in [-0.4, -0.2) is 55.3 Å². The maximum Gasteiger partial charge on any atom is 0.253 e. The van der Waals surface area contributed by atoms with Gasteiger partial charge in [-0.15, -0.1) is 0 Å². The molecule has 1 amide bonds. The second-order valence-corrected chi connectivity index (χ2v) is 12.2. The second kappa shape index (κ2) is 12.1. The molecular formula is C32H35N3O3S. The van der Waals surface area contributed by atoms with Crippen molar-refractivity contribution < 1.29 is 13.2 Å². The molecule has 4 aromatic rings. The van der Waals surface area contributed by atoms with Gasteiger partial charge in [-0.1, -0.05) is 67.9 Å². The SMILES string of the molecule is CCCCc1ccc(CN2CCN(C(=O)c3ccc(CS(=O)(=O)c4cccc5cccnc45)cc3)CC2)cc1. The average molecular weight is 542 g/mol. The van der Waals surface area contributed by atoms with E-state index in [9.17, 15) is 13.2 Å². The normalized spacial score (nSPS) is 14.5. The fourth-order valence-corrected chi connectivity index (χ4v) is 6.65. The minimum absolute atomic E-state index is 0.0115. The Hall–Kier alpha value is -3.55. The number of carbonyl (C=O) groups excluding carboxylic acids is 1. The number of nitrogens with zero attached hydrogens (tertiary/aromatic N) is 3. The number of rotatable bonds is 9. The van der Waals surface area contributed by atoms with Crippen molar-refractivity contribution in [2.45, 2.75) is 43.4 Å². The van der Waals surface area contributed by atoms with Crippen LogP contribution in [0.1, 0.15) is 46.8 Å². The molecule has 1 fully saturated rings. The van der Waals surface area contributed by atoms with Crippen molar-refractivity contribution in [2.75, 3.05) is 26.2 Å².